The molecule has 0 aromatic heterocycles. The number of nitrogens with one attached hydrogen (secondary N) is 1. The summed E-state index contributed by atoms with van der Waals surface area (Å²) in [4.78, 5) is 14.2. The third-order valence-electron chi connectivity index (χ3n) is 3.60. The van der Waals surface area contributed by atoms with Crippen LogP contribution in [0, 0.1) is 5.82 Å². The number of nitrogens with zero attached hydrogens (tertiary/aromatic N) is 1. The van der Waals surface area contributed by atoms with Gasteiger partial charge in [0.2, 0.25) is 5.91 Å². The predicted molar refractivity (Wildman–Crippen MR) is 68.9 cm³/mol. The maximum absolute atomic E-state index is 12.9. The van der Waals surface area contributed by atoms with Gasteiger partial charge in [-0.05, 0) is 37.6 Å². The highest BCUT2D eigenvalue weighted by atomic mass is 19.1. The molecule has 1 aromatic rings. The Kier molecular flexibility index (Phi) is 3.66. The molecule has 0 bridgehead atoms. The van der Waals surface area contributed by atoms with Crippen LogP contribution in [0.5, 0.6) is 0 Å². The van der Waals surface area contributed by atoms with E-state index in [-0.39, 0.29) is 11.7 Å². The first-order valence-corrected chi connectivity index (χ1v) is 6.26. The van der Waals surface area contributed by atoms with Crippen LogP contribution in [-0.4, -0.2) is 38.0 Å². The van der Waals surface area contributed by atoms with Crippen molar-refractivity contribution in [3.8, 4) is 0 Å². The van der Waals surface area contributed by atoms with E-state index < -0.39 is 5.41 Å². The molecular weight excluding hydrogens is 231 g/mol. The number of carbonyl (C=O) groups is 1. The molecule has 1 fully saturated rings. The van der Waals surface area contributed by atoms with Gasteiger partial charge >= 0.3 is 0 Å². The highest BCUT2D eigenvalue weighted by Gasteiger charge is 2.52. The molecule has 1 aliphatic carbocycles. The zero-order valence-electron chi connectivity index (χ0n) is 10.9. The van der Waals surface area contributed by atoms with Crippen molar-refractivity contribution in [2.45, 2.75) is 18.3 Å². The summed E-state index contributed by atoms with van der Waals surface area (Å²) in [6.07, 6.45) is 1.72. The fourth-order valence-corrected chi connectivity index (χ4v) is 2.27. The van der Waals surface area contributed by atoms with E-state index in [0.717, 1.165) is 24.9 Å². The van der Waals surface area contributed by atoms with Gasteiger partial charge in [0, 0.05) is 20.1 Å². The molecule has 3 nitrogen and oxygen atoms in total. The van der Waals surface area contributed by atoms with E-state index in [1.54, 1.807) is 17.0 Å². The van der Waals surface area contributed by atoms with Gasteiger partial charge in [0.15, 0.2) is 0 Å². The number of carbonyl (C=O) groups excluding carboxylic acids is 1. The van der Waals surface area contributed by atoms with Gasteiger partial charge in [0.1, 0.15) is 5.82 Å². The third-order valence-corrected chi connectivity index (χ3v) is 3.60. The Morgan fingerprint density at radius 2 is 2.00 bits per heavy atom. The van der Waals surface area contributed by atoms with Crippen LogP contribution >= 0.6 is 0 Å². The van der Waals surface area contributed by atoms with Crippen molar-refractivity contribution in [3.05, 3.63) is 35.6 Å². The van der Waals surface area contributed by atoms with Gasteiger partial charge in [-0.1, -0.05) is 12.1 Å². The zero-order valence-corrected chi connectivity index (χ0v) is 10.9. The van der Waals surface area contributed by atoms with Gasteiger partial charge in [0.05, 0.1) is 5.41 Å². The van der Waals surface area contributed by atoms with E-state index in [9.17, 15) is 9.18 Å². The molecule has 1 aromatic carbocycles. The average molecular weight is 250 g/mol. The zero-order chi connectivity index (χ0) is 13.2. The van der Waals surface area contributed by atoms with Gasteiger partial charge < -0.3 is 10.2 Å². The Bertz CT molecular complexity index is 426. The van der Waals surface area contributed by atoms with Crippen molar-refractivity contribution in [1.29, 1.82) is 0 Å². The first kappa shape index (κ1) is 13.0. The van der Waals surface area contributed by atoms with E-state index >= 15 is 0 Å². The van der Waals surface area contributed by atoms with Crippen LogP contribution in [0.4, 0.5) is 4.39 Å². The highest BCUT2D eigenvalue weighted by Crippen LogP contribution is 2.49. The van der Waals surface area contributed by atoms with Crippen LogP contribution in [0.25, 0.3) is 0 Å². The fourth-order valence-electron chi connectivity index (χ4n) is 2.27. The second-order valence-corrected chi connectivity index (χ2v) is 4.92. The molecule has 4 heteroatoms. The van der Waals surface area contributed by atoms with Crippen LogP contribution in [0.15, 0.2) is 24.3 Å². The molecule has 1 aliphatic rings. The highest BCUT2D eigenvalue weighted by molar-refractivity contribution is 5.91. The molecule has 0 spiro atoms. The SMILES string of the molecule is CNCCN(C)C(=O)C1(c2ccc(F)cc2)CC1. The molecule has 0 radical (unpaired) electrons. The lowest BCUT2D eigenvalue weighted by Gasteiger charge is -2.23. The smallest absolute Gasteiger partial charge is 0.233 e. The van der Waals surface area contributed by atoms with Crippen LogP contribution in [0.2, 0.25) is 0 Å². The van der Waals surface area contributed by atoms with Crippen molar-refractivity contribution in [2.75, 3.05) is 27.2 Å². The average Bonchev–Trinajstić information content (AvgIpc) is 3.17. The van der Waals surface area contributed by atoms with Crippen molar-refractivity contribution in [3.63, 3.8) is 0 Å². The van der Waals surface area contributed by atoms with Crippen molar-refractivity contribution in [2.24, 2.45) is 0 Å². The molecular formula is C14H19FN2O. The first-order chi connectivity index (χ1) is 8.60. The van der Waals surface area contributed by atoms with E-state index in [1.165, 1.54) is 12.1 Å². The lowest BCUT2D eigenvalue weighted by Crippen LogP contribution is -2.39. The summed E-state index contributed by atoms with van der Waals surface area (Å²) in [6, 6.07) is 6.31. The van der Waals surface area contributed by atoms with Gasteiger partial charge in [-0.25, -0.2) is 4.39 Å². The summed E-state index contributed by atoms with van der Waals surface area (Å²) < 4.78 is 12.9. The molecule has 2 rings (SSSR count). The van der Waals surface area contributed by atoms with Gasteiger partial charge in [-0.15, -0.1) is 0 Å². The van der Waals surface area contributed by atoms with Crippen molar-refractivity contribution < 1.29 is 9.18 Å². The second-order valence-electron chi connectivity index (χ2n) is 4.92. The summed E-state index contributed by atoms with van der Waals surface area (Å²) in [6.45, 7) is 1.47. The molecule has 0 atom stereocenters. The number of hydrogen-bond donors (Lipinski definition) is 1. The van der Waals surface area contributed by atoms with Crippen LogP contribution in [0.1, 0.15) is 18.4 Å². The van der Waals surface area contributed by atoms with Crippen LogP contribution in [0.3, 0.4) is 0 Å². The van der Waals surface area contributed by atoms with E-state index in [0.29, 0.717) is 6.54 Å². The third kappa shape index (κ3) is 2.38. The van der Waals surface area contributed by atoms with E-state index in [4.69, 9.17) is 0 Å². The predicted octanol–water partition coefficient (Wildman–Crippen LogP) is 1.54. The van der Waals surface area contributed by atoms with Gasteiger partial charge in [0.25, 0.3) is 0 Å². The number of hydrogen-bond acceptors (Lipinski definition) is 2. The second kappa shape index (κ2) is 5.06. The number of amides is 1. The number of rotatable bonds is 5. The minimum absolute atomic E-state index is 0.143. The Morgan fingerprint density at radius 3 is 2.50 bits per heavy atom. The molecule has 1 N–H and O–H groups in total. The normalized spacial score (nSPS) is 16.4. The maximum atomic E-state index is 12.9. The molecule has 0 heterocycles. The molecule has 1 saturated carbocycles. The Labute approximate surface area is 107 Å². The molecule has 0 saturated heterocycles. The van der Waals surface area contributed by atoms with E-state index in [2.05, 4.69) is 5.32 Å². The fraction of sp³-hybridized carbons (Fsp3) is 0.500. The minimum atomic E-state index is -0.393. The molecule has 0 aliphatic heterocycles. The Morgan fingerprint density at radius 1 is 1.39 bits per heavy atom. The van der Waals surface area contributed by atoms with Crippen molar-refractivity contribution >= 4 is 5.91 Å². The summed E-state index contributed by atoms with van der Waals surface area (Å²) in [5.41, 5.74) is 0.543. The van der Waals surface area contributed by atoms with Crippen LogP contribution in [-0.2, 0) is 10.2 Å². The van der Waals surface area contributed by atoms with E-state index in [1.807, 2.05) is 14.1 Å². The molecule has 98 valence electrons. The molecule has 1 amide bonds. The van der Waals surface area contributed by atoms with Crippen molar-refractivity contribution in [1.82, 2.24) is 10.2 Å². The van der Waals surface area contributed by atoms with Gasteiger partial charge in [-0.2, -0.15) is 0 Å². The lowest BCUT2D eigenvalue weighted by molar-refractivity contribution is -0.132. The summed E-state index contributed by atoms with van der Waals surface area (Å²) in [5, 5.41) is 3.03. The van der Waals surface area contributed by atoms with Crippen LogP contribution < -0.4 is 5.32 Å². The standard InChI is InChI=1S/C14H19FN2O/c1-16-9-10-17(2)13(18)14(7-8-14)11-3-5-12(15)6-4-11/h3-6,16H,7-10H2,1-2H3. The first-order valence-electron chi connectivity index (χ1n) is 6.26. The quantitative estimate of drug-likeness (QED) is 0.859. The molecule has 18 heavy (non-hydrogen) atoms. The monoisotopic (exact) mass is 250 g/mol. The van der Waals surface area contributed by atoms with Gasteiger partial charge in [-0.3, -0.25) is 4.79 Å². The topological polar surface area (TPSA) is 32.3 Å². The maximum Gasteiger partial charge on any atom is 0.233 e. The summed E-state index contributed by atoms with van der Waals surface area (Å²) in [7, 11) is 3.69. The Hall–Kier alpha value is -1.42. The number of benzene rings is 1. The lowest BCUT2D eigenvalue weighted by atomic mass is 9.94. The Balaban J connectivity index is 2.11. The number of halogens is 1. The largest absolute Gasteiger partial charge is 0.344 e. The number of likely N-dealkylation sites (N-methyl/N-ethyl adjacent to an activating group) is 2. The molecule has 0 unspecified atom stereocenters. The summed E-state index contributed by atoms with van der Waals surface area (Å²) >= 11 is 0. The minimum Gasteiger partial charge on any atom is -0.344 e. The summed E-state index contributed by atoms with van der Waals surface area (Å²) in [5.74, 6) is -0.116.